The number of anilines is 2. The summed E-state index contributed by atoms with van der Waals surface area (Å²) in [6.07, 6.45) is 7.40. The molecule has 0 saturated carbocycles. The Hall–Kier alpha value is -3.46. The molecule has 2 fully saturated rings. The Kier molecular flexibility index (Phi) is 7.50. The summed E-state index contributed by atoms with van der Waals surface area (Å²) in [7, 11) is 0. The maximum absolute atomic E-state index is 14.8. The number of carbonyl (C=O) groups is 3. The zero-order valence-corrected chi connectivity index (χ0v) is 24.8. The molecule has 2 saturated heterocycles. The summed E-state index contributed by atoms with van der Waals surface area (Å²) in [6.45, 7) is 6.09. The fourth-order valence-corrected chi connectivity index (χ4v) is 7.58. The number of para-hydroxylation sites is 2. The molecule has 9 heteroatoms. The second kappa shape index (κ2) is 11.0. The number of fused-ring (bicyclic) bond motifs is 2. The number of halogens is 1. The highest BCUT2D eigenvalue weighted by atomic mass is 35.5. The number of hydrogen-bond donors (Lipinski definition) is 1. The minimum atomic E-state index is -1.39. The Labute approximate surface area is 251 Å². The van der Waals surface area contributed by atoms with Crippen molar-refractivity contribution in [2.75, 3.05) is 29.5 Å². The molecule has 220 valence electrons. The average molecular weight is 590 g/mol. The number of aliphatic hydroxyl groups excluding tert-OH is 1. The number of aryl methyl sites for hydroxylation is 1. The SMILES string of the molecule is CC[C@H](C)[C@H](CO)N1C(=O)[C@@H]2[C@@H]3C(=O)N(c4ccccc4)CC=C[C@@H]3O[C@@]23C=CCN(c2c(C)cccc2Cl)C(=O)C13. The van der Waals surface area contributed by atoms with Crippen molar-refractivity contribution in [2.45, 2.75) is 51.0 Å². The molecule has 4 aliphatic heterocycles. The Balaban J connectivity index is 1.50. The molecule has 2 aromatic rings. The van der Waals surface area contributed by atoms with Gasteiger partial charge in [-0.05, 0) is 36.6 Å². The van der Waals surface area contributed by atoms with E-state index in [1.165, 1.54) is 4.90 Å². The quantitative estimate of drug-likeness (QED) is 0.512. The number of likely N-dealkylation sites (tertiary alicyclic amines) is 1. The summed E-state index contributed by atoms with van der Waals surface area (Å²) in [5.41, 5.74) is 0.730. The second-order valence-corrected chi connectivity index (χ2v) is 12.1. The van der Waals surface area contributed by atoms with E-state index >= 15 is 0 Å². The lowest BCUT2D eigenvalue weighted by Gasteiger charge is -2.40. The molecule has 1 unspecified atom stereocenters. The molecule has 6 rings (SSSR count). The molecular formula is C33H36ClN3O5. The van der Waals surface area contributed by atoms with Crippen LogP contribution in [0.15, 0.2) is 72.8 Å². The van der Waals surface area contributed by atoms with E-state index in [9.17, 15) is 19.5 Å². The van der Waals surface area contributed by atoms with E-state index in [1.54, 1.807) is 15.9 Å². The van der Waals surface area contributed by atoms with Crippen LogP contribution in [0.4, 0.5) is 11.4 Å². The zero-order valence-electron chi connectivity index (χ0n) is 24.0. The largest absolute Gasteiger partial charge is 0.394 e. The highest BCUT2D eigenvalue weighted by Gasteiger charge is 2.72. The van der Waals surface area contributed by atoms with Gasteiger partial charge in [0.2, 0.25) is 11.8 Å². The molecule has 3 amide bonds. The van der Waals surface area contributed by atoms with Crippen molar-refractivity contribution in [2.24, 2.45) is 17.8 Å². The van der Waals surface area contributed by atoms with Crippen molar-refractivity contribution < 1.29 is 24.2 Å². The first kappa shape index (κ1) is 28.6. The van der Waals surface area contributed by atoms with E-state index in [2.05, 4.69) is 0 Å². The predicted octanol–water partition coefficient (Wildman–Crippen LogP) is 4.14. The summed E-state index contributed by atoms with van der Waals surface area (Å²) in [5, 5.41) is 11.0. The van der Waals surface area contributed by atoms with Crippen LogP contribution in [0.1, 0.15) is 25.8 Å². The fourth-order valence-electron chi connectivity index (χ4n) is 7.25. The van der Waals surface area contributed by atoms with Gasteiger partial charge in [0.1, 0.15) is 11.6 Å². The van der Waals surface area contributed by atoms with E-state index in [4.69, 9.17) is 16.3 Å². The van der Waals surface area contributed by atoms with Crippen LogP contribution in [0.5, 0.6) is 0 Å². The summed E-state index contributed by atoms with van der Waals surface area (Å²) in [4.78, 5) is 48.5. The van der Waals surface area contributed by atoms with Crippen LogP contribution in [0, 0.1) is 24.7 Å². The molecule has 7 atom stereocenters. The first-order valence-corrected chi connectivity index (χ1v) is 15.0. The molecule has 0 bridgehead atoms. The molecule has 0 aliphatic carbocycles. The van der Waals surface area contributed by atoms with Crippen molar-refractivity contribution >= 4 is 40.7 Å². The summed E-state index contributed by atoms with van der Waals surface area (Å²) < 4.78 is 6.77. The third-order valence-corrected chi connectivity index (χ3v) is 9.77. The molecule has 42 heavy (non-hydrogen) atoms. The summed E-state index contributed by atoms with van der Waals surface area (Å²) >= 11 is 6.64. The maximum Gasteiger partial charge on any atom is 0.253 e. The number of ether oxygens (including phenoxy) is 1. The van der Waals surface area contributed by atoms with Crippen LogP contribution < -0.4 is 9.80 Å². The Bertz CT molecular complexity index is 1440. The van der Waals surface area contributed by atoms with Gasteiger partial charge in [-0.3, -0.25) is 14.4 Å². The second-order valence-electron chi connectivity index (χ2n) is 11.7. The third kappa shape index (κ3) is 4.22. The molecule has 0 aromatic heterocycles. The van der Waals surface area contributed by atoms with Crippen molar-refractivity contribution in [1.29, 1.82) is 0 Å². The number of amides is 3. The van der Waals surface area contributed by atoms with E-state index in [1.807, 2.05) is 87.5 Å². The lowest BCUT2D eigenvalue weighted by Crippen LogP contribution is -2.59. The van der Waals surface area contributed by atoms with Gasteiger partial charge in [-0.25, -0.2) is 0 Å². The standard InChI is InChI=1S/C33H36ClN3O5/c1-4-20(2)24(19-38)37-29-32(41)36(28-21(3)11-8-14-23(28)34)18-10-16-33(29)27(31(37)40)26-25(42-33)15-9-17-35(30(26)39)22-12-6-5-7-13-22/h5-16,20,24-27,29,38H,4,17-19H2,1-3H3/t20-,24-,25-,26+,27-,29?,33-/m0/s1. The molecule has 8 nitrogen and oxygen atoms in total. The minimum Gasteiger partial charge on any atom is -0.394 e. The maximum atomic E-state index is 14.8. The average Bonchev–Trinajstić information content (AvgIpc) is 3.30. The van der Waals surface area contributed by atoms with Crippen LogP contribution in [-0.4, -0.2) is 71.2 Å². The minimum absolute atomic E-state index is 0.105. The lowest BCUT2D eigenvalue weighted by molar-refractivity contribution is -0.145. The van der Waals surface area contributed by atoms with Crippen LogP contribution in [-0.2, 0) is 19.1 Å². The van der Waals surface area contributed by atoms with Crippen molar-refractivity contribution in [1.82, 2.24) is 4.90 Å². The van der Waals surface area contributed by atoms with Crippen LogP contribution >= 0.6 is 11.6 Å². The monoisotopic (exact) mass is 589 g/mol. The van der Waals surface area contributed by atoms with E-state index in [-0.39, 0.29) is 36.8 Å². The van der Waals surface area contributed by atoms with Gasteiger partial charge in [0, 0.05) is 18.8 Å². The van der Waals surface area contributed by atoms with Gasteiger partial charge in [0.25, 0.3) is 5.91 Å². The predicted molar refractivity (Wildman–Crippen MR) is 161 cm³/mol. The van der Waals surface area contributed by atoms with Gasteiger partial charge < -0.3 is 24.5 Å². The van der Waals surface area contributed by atoms with Gasteiger partial charge in [0.05, 0.1) is 41.3 Å². The van der Waals surface area contributed by atoms with Crippen molar-refractivity contribution in [3.05, 3.63) is 83.4 Å². The van der Waals surface area contributed by atoms with Gasteiger partial charge in [0.15, 0.2) is 0 Å². The van der Waals surface area contributed by atoms with Gasteiger partial charge in [-0.1, -0.05) is 86.5 Å². The van der Waals surface area contributed by atoms with E-state index in [0.717, 1.165) is 11.3 Å². The third-order valence-electron chi connectivity index (χ3n) is 9.47. The molecule has 4 aliphatic rings. The first-order valence-electron chi connectivity index (χ1n) is 14.6. The number of carbonyl (C=O) groups excluding carboxylic acids is 3. The normalized spacial score (nSPS) is 30.1. The zero-order chi connectivity index (χ0) is 29.8. The topological polar surface area (TPSA) is 90.4 Å². The van der Waals surface area contributed by atoms with Gasteiger partial charge in [-0.2, -0.15) is 0 Å². The van der Waals surface area contributed by atoms with Gasteiger partial charge >= 0.3 is 0 Å². The van der Waals surface area contributed by atoms with Crippen LogP contribution in [0.2, 0.25) is 5.02 Å². The summed E-state index contributed by atoms with van der Waals surface area (Å²) in [5.74, 6) is -2.81. The van der Waals surface area contributed by atoms with E-state index in [0.29, 0.717) is 23.7 Å². The lowest BCUT2D eigenvalue weighted by atomic mass is 9.77. The molecule has 0 radical (unpaired) electrons. The first-order chi connectivity index (χ1) is 20.2. The smallest absolute Gasteiger partial charge is 0.253 e. The molecule has 1 spiro atoms. The number of hydrogen-bond acceptors (Lipinski definition) is 5. The molecule has 2 aromatic carbocycles. The fraction of sp³-hybridized carbons (Fsp3) is 0.424. The highest BCUT2D eigenvalue weighted by molar-refractivity contribution is 6.34. The number of benzene rings is 2. The van der Waals surface area contributed by atoms with Crippen LogP contribution in [0.25, 0.3) is 0 Å². The Morgan fingerprint density at radius 2 is 1.74 bits per heavy atom. The highest BCUT2D eigenvalue weighted by Crippen LogP contribution is 2.55. The van der Waals surface area contributed by atoms with E-state index < -0.39 is 35.6 Å². The molecule has 1 N–H and O–H groups in total. The molecular weight excluding hydrogens is 554 g/mol. The number of aliphatic hydroxyl groups is 1. The Morgan fingerprint density at radius 3 is 2.43 bits per heavy atom. The Morgan fingerprint density at radius 1 is 1.00 bits per heavy atom. The van der Waals surface area contributed by atoms with Gasteiger partial charge in [-0.15, -0.1) is 0 Å². The van der Waals surface area contributed by atoms with Crippen molar-refractivity contribution in [3.8, 4) is 0 Å². The number of rotatable bonds is 6. The summed E-state index contributed by atoms with van der Waals surface area (Å²) in [6, 6.07) is 13.1. The number of nitrogens with zero attached hydrogens (tertiary/aromatic N) is 3. The molecule has 4 heterocycles. The van der Waals surface area contributed by atoms with Crippen LogP contribution in [0.3, 0.4) is 0 Å². The van der Waals surface area contributed by atoms with Crippen molar-refractivity contribution in [3.63, 3.8) is 0 Å².